The van der Waals surface area contributed by atoms with E-state index in [1.54, 1.807) is 62.6 Å². The van der Waals surface area contributed by atoms with Crippen molar-refractivity contribution in [2.24, 2.45) is 5.10 Å². The van der Waals surface area contributed by atoms with Crippen LogP contribution in [-0.4, -0.2) is 38.3 Å². The predicted octanol–water partition coefficient (Wildman–Crippen LogP) is 5.46. The summed E-state index contributed by atoms with van der Waals surface area (Å²) in [5.41, 5.74) is 4.30. The highest BCUT2D eigenvalue weighted by Gasteiger charge is 2.17. The minimum Gasteiger partial charge on any atom is -0.497 e. The Hall–Kier alpha value is -3.02. The van der Waals surface area contributed by atoms with Crippen LogP contribution in [0, 0.1) is 3.57 Å². The highest BCUT2D eigenvalue weighted by Crippen LogP contribution is 2.35. The number of hydrogen-bond donors (Lipinski definition) is 2. The van der Waals surface area contributed by atoms with E-state index in [0.29, 0.717) is 38.4 Å². The van der Waals surface area contributed by atoms with Gasteiger partial charge in [0.25, 0.3) is 11.8 Å². The Labute approximate surface area is 238 Å². The minimum absolute atomic E-state index is 0.228. The van der Waals surface area contributed by atoms with Crippen LogP contribution in [0.1, 0.15) is 28.4 Å². The lowest BCUT2D eigenvalue weighted by molar-refractivity contribution is -0.122. The largest absolute Gasteiger partial charge is 0.497 e. The summed E-state index contributed by atoms with van der Waals surface area (Å²) < 4.78 is 17.3. The zero-order valence-corrected chi connectivity index (χ0v) is 23.8. The summed E-state index contributed by atoms with van der Waals surface area (Å²) in [7, 11) is 3.07. The van der Waals surface area contributed by atoms with Gasteiger partial charge in [-0.3, -0.25) is 9.59 Å². The molecule has 0 fully saturated rings. The Morgan fingerprint density at radius 3 is 2.43 bits per heavy atom. The zero-order valence-electron chi connectivity index (χ0n) is 20.2. The van der Waals surface area contributed by atoms with Gasteiger partial charge in [0.1, 0.15) is 18.4 Å². The smallest absolute Gasteiger partial charge is 0.262 e. The van der Waals surface area contributed by atoms with Crippen LogP contribution in [0.5, 0.6) is 17.2 Å². The number of methoxy groups -OCH3 is 2. The molecule has 37 heavy (non-hydrogen) atoms. The van der Waals surface area contributed by atoms with Gasteiger partial charge in [-0.15, -0.1) is 0 Å². The van der Waals surface area contributed by atoms with Gasteiger partial charge in [0.15, 0.2) is 11.5 Å². The van der Waals surface area contributed by atoms with Gasteiger partial charge in [-0.2, -0.15) is 5.10 Å². The van der Waals surface area contributed by atoms with Crippen molar-refractivity contribution >= 4 is 63.8 Å². The van der Waals surface area contributed by atoms with Crippen LogP contribution < -0.4 is 25.0 Å². The van der Waals surface area contributed by atoms with E-state index in [4.69, 9.17) is 37.4 Å². The van der Waals surface area contributed by atoms with Crippen molar-refractivity contribution in [3.05, 3.63) is 84.9 Å². The molecule has 3 rings (SSSR count). The molecule has 0 radical (unpaired) electrons. The summed E-state index contributed by atoms with van der Waals surface area (Å²) in [4.78, 5) is 24.7. The van der Waals surface area contributed by atoms with Crippen molar-refractivity contribution in [2.45, 2.75) is 19.6 Å². The van der Waals surface area contributed by atoms with Gasteiger partial charge >= 0.3 is 0 Å². The van der Waals surface area contributed by atoms with Gasteiger partial charge in [-0.05, 0) is 83.6 Å². The number of halogens is 3. The van der Waals surface area contributed by atoms with E-state index >= 15 is 0 Å². The third-order valence-electron chi connectivity index (χ3n) is 5.12. The molecule has 0 spiro atoms. The third-order valence-corrected chi connectivity index (χ3v) is 6.51. The first-order valence-electron chi connectivity index (χ1n) is 10.9. The molecule has 0 bridgehead atoms. The van der Waals surface area contributed by atoms with Crippen molar-refractivity contribution in [1.82, 2.24) is 10.7 Å². The first-order chi connectivity index (χ1) is 17.7. The van der Waals surface area contributed by atoms with Crippen molar-refractivity contribution in [2.75, 3.05) is 14.2 Å². The van der Waals surface area contributed by atoms with Gasteiger partial charge < -0.3 is 19.5 Å². The summed E-state index contributed by atoms with van der Waals surface area (Å²) in [5, 5.41) is 7.69. The van der Waals surface area contributed by atoms with Gasteiger partial charge in [-0.1, -0.05) is 29.3 Å². The second-order valence-corrected chi connectivity index (χ2v) is 9.72. The first kappa shape index (κ1) is 28.5. The minimum atomic E-state index is -0.808. The Balaban J connectivity index is 1.59. The van der Waals surface area contributed by atoms with Crippen molar-refractivity contribution in [3.63, 3.8) is 0 Å². The lowest BCUT2D eigenvalue weighted by Crippen LogP contribution is -2.43. The Kier molecular flexibility index (Phi) is 10.4. The maximum absolute atomic E-state index is 12.4. The molecule has 3 aromatic carbocycles. The second-order valence-electron chi connectivity index (χ2n) is 7.72. The molecule has 0 saturated heterocycles. The molecule has 194 valence electrons. The highest BCUT2D eigenvalue weighted by molar-refractivity contribution is 14.1. The number of benzene rings is 3. The summed E-state index contributed by atoms with van der Waals surface area (Å²) in [5.74, 6) is 0.812. The van der Waals surface area contributed by atoms with E-state index in [-0.39, 0.29) is 12.5 Å². The molecule has 2 N–H and O–H groups in total. The topological polar surface area (TPSA) is 98.2 Å². The van der Waals surface area contributed by atoms with E-state index in [0.717, 1.165) is 9.13 Å². The fraction of sp³-hybridized carbons (Fsp3) is 0.192. The van der Waals surface area contributed by atoms with E-state index < -0.39 is 11.9 Å². The van der Waals surface area contributed by atoms with Gasteiger partial charge in [0.2, 0.25) is 0 Å². The summed E-state index contributed by atoms with van der Waals surface area (Å²) in [6.07, 6.45) is 1.47. The Bertz CT molecular complexity index is 1300. The maximum atomic E-state index is 12.4. The molecule has 11 heteroatoms. The van der Waals surface area contributed by atoms with Crippen LogP contribution in [0.15, 0.2) is 59.7 Å². The summed E-state index contributed by atoms with van der Waals surface area (Å²) in [6, 6.07) is 14.5. The molecule has 8 nitrogen and oxygen atoms in total. The number of carbonyl (C=O) groups excluding carboxylic acids is 2. The van der Waals surface area contributed by atoms with Gasteiger partial charge in [0, 0.05) is 21.2 Å². The number of nitrogens with zero attached hydrogens (tertiary/aromatic N) is 1. The number of carbonyl (C=O) groups is 2. The SMILES string of the molecule is COc1ccc(C(=O)NC(C)C(=O)NN=Cc2cc(I)c(OCc3ccc(Cl)cc3Cl)c(OC)c2)cc1. The van der Waals surface area contributed by atoms with E-state index in [1.165, 1.54) is 13.3 Å². The van der Waals surface area contributed by atoms with Gasteiger partial charge in [-0.25, -0.2) is 5.43 Å². The Morgan fingerprint density at radius 1 is 1.05 bits per heavy atom. The van der Waals surface area contributed by atoms with Crippen molar-refractivity contribution < 1.29 is 23.8 Å². The number of hydrogen-bond acceptors (Lipinski definition) is 6. The quantitative estimate of drug-likeness (QED) is 0.172. The molecular weight excluding hydrogens is 632 g/mol. The average molecular weight is 656 g/mol. The van der Waals surface area contributed by atoms with Crippen LogP contribution in [0.4, 0.5) is 0 Å². The summed E-state index contributed by atoms with van der Waals surface area (Å²) in [6.45, 7) is 1.79. The molecule has 0 aromatic heterocycles. The fourth-order valence-electron chi connectivity index (χ4n) is 3.10. The lowest BCUT2D eigenvalue weighted by atomic mass is 10.2. The van der Waals surface area contributed by atoms with Crippen LogP contribution >= 0.6 is 45.8 Å². The van der Waals surface area contributed by atoms with Crippen molar-refractivity contribution in [1.29, 1.82) is 0 Å². The maximum Gasteiger partial charge on any atom is 0.262 e. The second kappa shape index (κ2) is 13.5. The van der Waals surface area contributed by atoms with E-state index in [9.17, 15) is 9.59 Å². The van der Waals surface area contributed by atoms with Crippen LogP contribution in [0.25, 0.3) is 0 Å². The summed E-state index contributed by atoms with van der Waals surface area (Å²) >= 11 is 14.3. The molecule has 0 saturated carbocycles. The monoisotopic (exact) mass is 655 g/mol. The molecule has 0 aliphatic carbocycles. The third kappa shape index (κ3) is 7.98. The normalized spacial score (nSPS) is 11.6. The number of amides is 2. The average Bonchev–Trinajstić information content (AvgIpc) is 2.88. The van der Waals surface area contributed by atoms with Crippen molar-refractivity contribution in [3.8, 4) is 17.2 Å². The number of ether oxygens (including phenoxy) is 3. The molecule has 1 atom stereocenters. The highest BCUT2D eigenvalue weighted by atomic mass is 127. The van der Waals surface area contributed by atoms with Gasteiger partial charge in [0.05, 0.1) is 24.0 Å². The molecular formula is C26H24Cl2IN3O5. The van der Waals surface area contributed by atoms with Crippen LogP contribution in [0.3, 0.4) is 0 Å². The van der Waals surface area contributed by atoms with Crippen LogP contribution in [-0.2, 0) is 11.4 Å². The Morgan fingerprint density at radius 2 is 1.78 bits per heavy atom. The number of rotatable bonds is 10. The molecule has 1 unspecified atom stereocenters. The molecule has 0 heterocycles. The van der Waals surface area contributed by atoms with E-state index in [2.05, 4.69) is 38.4 Å². The lowest BCUT2D eigenvalue weighted by Gasteiger charge is -2.14. The number of hydrazone groups is 1. The zero-order chi connectivity index (χ0) is 26.9. The first-order valence-corrected chi connectivity index (χ1v) is 12.8. The molecule has 2 amide bonds. The molecule has 3 aromatic rings. The van der Waals surface area contributed by atoms with E-state index in [1.807, 2.05) is 6.07 Å². The number of nitrogens with one attached hydrogen (secondary N) is 2. The molecule has 0 aliphatic rings. The molecule has 0 aliphatic heterocycles. The standard InChI is InChI=1S/C26H24Cl2IN3O5/c1-15(31-26(34)17-5-8-20(35-2)9-6-17)25(33)32-30-13-16-10-22(29)24(23(11-16)36-3)37-14-18-4-7-19(27)12-21(18)28/h4-13,15H,14H2,1-3H3,(H,31,34)(H,32,33). The predicted molar refractivity (Wildman–Crippen MR) is 152 cm³/mol. The van der Waals surface area contributed by atoms with Crippen LogP contribution in [0.2, 0.25) is 10.0 Å². The fourth-order valence-corrected chi connectivity index (χ4v) is 4.34.